The molecule has 0 aliphatic carbocycles. The summed E-state index contributed by atoms with van der Waals surface area (Å²) in [5, 5.41) is 3.11. The molecule has 5 nitrogen and oxygen atoms in total. The van der Waals surface area contributed by atoms with Crippen LogP contribution in [0.5, 0.6) is 5.75 Å². The average Bonchev–Trinajstić information content (AvgIpc) is 3.05. The van der Waals surface area contributed by atoms with E-state index >= 15 is 0 Å². The number of aryl methyl sites for hydroxylation is 2. The number of nitrogens with one attached hydrogen (secondary N) is 1. The van der Waals surface area contributed by atoms with Crippen molar-refractivity contribution in [1.82, 2.24) is 14.9 Å². The second-order valence-electron chi connectivity index (χ2n) is 5.86. The third-order valence-corrected chi connectivity index (χ3v) is 4.23. The number of hydrogen-bond acceptors (Lipinski definition) is 3. The van der Waals surface area contributed by atoms with Crippen LogP contribution in [-0.4, -0.2) is 22.6 Å². The molecule has 0 radical (unpaired) electrons. The van der Waals surface area contributed by atoms with Crippen LogP contribution in [0.3, 0.4) is 0 Å². The van der Waals surface area contributed by atoms with Crippen LogP contribution in [0.1, 0.15) is 33.4 Å². The van der Waals surface area contributed by atoms with Crippen molar-refractivity contribution >= 4 is 5.91 Å². The molecule has 1 heterocycles. The highest BCUT2D eigenvalue weighted by atomic mass is 16.5. The number of benzene rings is 2. The summed E-state index contributed by atoms with van der Waals surface area (Å²) < 4.78 is 7.38. The Morgan fingerprint density at radius 3 is 2.56 bits per heavy atom. The van der Waals surface area contributed by atoms with Crippen LogP contribution in [-0.2, 0) is 7.05 Å². The maximum atomic E-state index is 12.9. The Kier molecular flexibility index (Phi) is 4.84. The summed E-state index contributed by atoms with van der Waals surface area (Å²) >= 11 is 0. The van der Waals surface area contributed by atoms with Gasteiger partial charge in [-0.25, -0.2) is 4.98 Å². The lowest BCUT2D eigenvalue weighted by atomic mass is 10.0. The first-order valence-electron chi connectivity index (χ1n) is 8.08. The SMILES string of the molecule is COc1ccccc1C(NC(=O)c1ccccc1C)c1nccn1C. The van der Waals surface area contributed by atoms with Crippen molar-refractivity contribution in [3.05, 3.63) is 83.4 Å². The van der Waals surface area contributed by atoms with Crippen molar-refractivity contribution in [2.75, 3.05) is 7.11 Å². The van der Waals surface area contributed by atoms with Gasteiger partial charge in [0.2, 0.25) is 0 Å². The molecule has 1 N–H and O–H groups in total. The summed E-state index contributed by atoms with van der Waals surface area (Å²) in [6.07, 6.45) is 3.58. The topological polar surface area (TPSA) is 56.1 Å². The van der Waals surface area contributed by atoms with Crippen LogP contribution in [0.15, 0.2) is 60.9 Å². The average molecular weight is 335 g/mol. The molecule has 3 rings (SSSR count). The number of hydrogen-bond donors (Lipinski definition) is 1. The van der Waals surface area contributed by atoms with E-state index < -0.39 is 6.04 Å². The molecule has 25 heavy (non-hydrogen) atoms. The fourth-order valence-corrected chi connectivity index (χ4v) is 2.88. The summed E-state index contributed by atoms with van der Waals surface area (Å²) in [6, 6.07) is 14.8. The first kappa shape index (κ1) is 16.8. The van der Waals surface area contributed by atoms with Gasteiger partial charge in [-0.2, -0.15) is 0 Å². The number of carbonyl (C=O) groups is 1. The monoisotopic (exact) mass is 335 g/mol. The Bertz CT molecular complexity index is 886. The minimum absolute atomic E-state index is 0.142. The lowest BCUT2D eigenvalue weighted by Gasteiger charge is -2.21. The highest BCUT2D eigenvalue weighted by Crippen LogP contribution is 2.29. The normalized spacial score (nSPS) is 11.8. The molecule has 0 fully saturated rings. The molecule has 0 spiro atoms. The number of nitrogens with zero attached hydrogens (tertiary/aromatic N) is 2. The number of para-hydroxylation sites is 1. The van der Waals surface area contributed by atoms with Crippen LogP contribution in [0.25, 0.3) is 0 Å². The predicted octanol–water partition coefficient (Wildman–Crippen LogP) is 3.26. The number of ether oxygens (including phenoxy) is 1. The Balaban J connectivity index is 2.02. The standard InChI is InChI=1S/C20H21N3O2/c1-14-8-4-5-9-15(14)20(24)22-18(19-21-12-13-23(19)2)16-10-6-7-11-17(16)25-3/h4-13,18H,1-3H3,(H,22,24). The Morgan fingerprint density at radius 2 is 1.88 bits per heavy atom. The molecule has 3 aromatic rings. The molecule has 0 saturated carbocycles. The minimum Gasteiger partial charge on any atom is -0.496 e. The van der Waals surface area contributed by atoms with Crippen molar-refractivity contribution < 1.29 is 9.53 Å². The van der Waals surface area contributed by atoms with E-state index in [4.69, 9.17) is 4.74 Å². The van der Waals surface area contributed by atoms with Crippen molar-refractivity contribution in [3.63, 3.8) is 0 Å². The predicted molar refractivity (Wildman–Crippen MR) is 96.7 cm³/mol. The summed E-state index contributed by atoms with van der Waals surface area (Å²) in [4.78, 5) is 17.3. The molecule has 128 valence electrons. The zero-order chi connectivity index (χ0) is 17.8. The first-order valence-corrected chi connectivity index (χ1v) is 8.08. The van der Waals surface area contributed by atoms with Gasteiger partial charge in [0.1, 0.15) is 17.6 Å². The van der Waals surface area contributed by atoms with Gasteiger partial charge >= 0.3 is 0 Å². The smallest absolute Gasteiger partial charge is 0.252 e. The highest BCUT2D eigenvalue weighted by Gasteiger charge is 2.24. The maximum absolute atomic E-state index is 12.9. The van der Waals surface area contributed by atoms with Gasteiger partial charge in [-0.05, 0) is 24.6 Å². The number of methoxy groups -OCH3 is 1. The number of imidazole rings is 1. The summed E-state index contributed by atoms with van der Waals surface area (Å²) in [7, 11) is 3.53. The number of rotatable bonds is 5. The molecule has 0 aliphatic heterocycles. The maximum Gasteiger partial charge on any atom is 0.252 e. The van der Waals surface area contributed by atoms with E-state index in [0.717, 1.165) is 17.0 Å². The zero-order valence-corrected chi connectivity index (χ0v) is 14.6. The van der Waals surface area contributed by atoms with E-state index in [0.29, 0.717) is 11.3 Å². The van der Waals surface area contributed by atoms with Crippen LogP contribution in [0.2, 0.25) is 0 Å². The number of carbonyl (C=O) groups excluding carboxylic acids is 1. The summed E-state index contributed by atoms with van der Waals surface area (Å²) in [5.41, 5.74) is 2.44. The lowest BCUT2D eigenvalue weighted by Crippen LogP contribution is -2.31. The largest absolute Gasteiger partial charge is 0.496 e. The van der Waals surface area contributed by atoms with E-state index in [9.17, 15) is 4.79 Å². The second-order valence-corrected chi connectivity index (χ2v) is 5.86. The van der Waals surface area contributed by atoms with Gasteiger partial charge in [0.05, 0.1) is 7.11 Å². The van der Waals surface area contributed by atoms with Crippen LogP contribution >= 0.6 is 0 Å². The zero-order valence-electron chi connectivity index (χ0n) is 14.6. The Hall–Kier alpha value is -3.08. The van der Waals surface area contributed by atoms with Gasteiger partial charge in [0.25, 0.3) is 5.91 Å². The Labute approximate surface area is 147 Å². The van der Waals surface area contributed by atoms with Crippen molar-refractivity contribution in [1.29, 1.82) is 0 Å². The van der Waals surface area contributed by atoms with E-state index in [1.54, 1.807) is 13.3 Å². The van der Waals surface area contributed by atoms with Gasteiger partial charge in [0, 0.05) is 30.6 Å². The first-order chi connectivity index (χ1) is 12.1. The summed E-state index contributed by atoms with van der Waals surface area (Å²) in [5.74, 6) is 1.31. The second kappa shape index (κ2) is 7.21. The van der Waals surface area contributed by atoms with Crippen LogP contribution in [0.4, 0.5) is 0 Å². The third-order valence-electron chi connectivity index (χ3n) is 4.23. The van der Waals surface area contributed by atoms with E-state index in [2.05, 4.69) is 10.3 Å². The fourth-order valence-electron chi connectivity index (χ4n) is 2.88. The van der Waals surface area contributed by atoms with Crippen molar-refractivity contribution in [2.24, 2.45) is 7.05 Å². The lowest BCUT2D eigenvalue weighted by molar-refractivity contribution is 0.0940. The van der Waals surface area contributed by atoms with Gasteiger partial charge in [-0.1, -0.05) is 36.4 Å². The summed E-state index contributed by atoms with van der Waals surface area (Å²) in [6.45, 7) is 1.92. The molecule has 5 heteroatoms. The van der Waals surface area contributed by atoms with Gasteiger partial charge in [0.15, 0.2) is 0 Å². The number of aromatic nitrogens is 2. The fraction of sp³-hybridized carbons (Fsp3) is 0.200. The van der Waals surface area contributed by atoms with Gasteiger partial charge < -0.3 is 14.6 Å². The van der Waals surface area contributed by atoms with E-state index in [1.807, 2.05) is 73.3 Å². The molecule has 1 unspecified atom stereocenters. The van der Waals surface area contributed by atoms with E-state index in [-0.39, 0.29) is 5.91 Å². The molecular weight excluding hydrogens is 314 g/mol. The van der Waals surface area contributed by atoms with Crippen LogP contribution in [0, 0.1) is 6.92 Å². The quantitative estimate of drug-likeness (QED) is 0.779. The van der Waals surface area contributed by atoms with Crippen molar-refractivity contribution in [3.8, 4) is 5.75 Å². The molecule has 0 saturated heterocycles. The van der Waals surface area contributed by atoms with E-state index in [1.165, 1.54) is 0 Å². The molecule has 0 aliphatic rings. The van der Waals surface area contributed by atoms with Gasteiger partial charge in [-0.3, -0.25) is 4.79 Å². The highest BCUT2D eigenvalue weighted by molar-refractivity contribution is 5.96. The van der Waals surface area contributed by atoms with Gasteiger partial charge in [-0.15, -0.1) is 0 Å². The number of amides is 1. The van der Waals surface area contributed by atoms with Crippen molar-refractivity contribution in [2.45, 2.75) is 13.0 Å². The minimum atomic E-state index is -0.414. The third kappa shape index (κ3) is 3.40. The molecule has 1 aromatic heterocycles. The molecule has 1 amide bonds. The Morgan fingerprint density at radius 1 is 1.16 bits per heavy atom. The molecule has 0 bridgehead atoms. The molecule has 2 aromatic carbocycles. The van der Waals surface area contributed by atoms with Crippen LogP contribution < -0.4 is 10.1 Å². The molecular formula is C20H21N3O2. The molecule has 1 atom stereocenters.